The van der Waals surface area contributed by atoms with E-state index in [1.54, 1.807) is 17.0 Å². The number of alkyl halides is 3. The summed E-state index contributed by atoms with van der Waals surface area (Å²) in [6.07, 6.45) is 2.76. The lowest BCUT2D eigenvalue weighted by Gasteiger charge is -2.35. The molecule has 0 unspecified atom stereocenters. The number of ketones is 1. The summed E-state index contributed by atoms with van der Waals surface area (Å²) in [6, 6.07) is 3.30. The lowest BCUT2D eigenvalue weighted by Crippen LogP contribution is -2.49. The summed E-state index contributed by atoms with van der Waals surface area (Å²) < 4.78 is 46.2. The lowest BCUT2D eigenvalue weighted by atomic mass is 10.1. The summed E-state index contributed by atoms with van der Waals surface area (Å²) in [5.74, 6) is -0.647. The van der Waals surface area contributed by atoms with Crippen LogP contribution in [-0.2, 0) is 17.4 Å². The zero-order valence-electron chi connectivity index (χ0n) is 21.2. The molecule has 2 aromatic rings. The Morgan fingerprint density at radius 3 is 2.32 bits per heavy atom. The lowest BCUT2D eigenvalue weighted by molar-refractivity contribution is -0.141. The van der Waals surface area contributed by atoms with Gasteiger partial charge in [0.25, 0.3) is 6.01 Å². The second-order valence-corrected chi connectivity index (χ2v) is 9.67. The molecule has 2 aromatic heterocycles. The minimum Gasteiger partial charge on any atom is -0.420 e. The van der Waals surface area contributed by atoms with Crippen molar-refractivity contribution in [3.63, 3.8) is 0 Å². The van der Waals surface area contributed by atoms with Gasteiger partial charge in [0.15, 0.2) is 5.69 Å². The Hall–Kier alpha value is -3.11. The highest BCUT2D eigenvalue weighted by Gasteiger charge is 2.41. The van der Waals surface area contributed by atoms with Crippen LogP contribution >= 0.6 is 0 Å². The van der Waals surface area contributed by atoms with Crippen molar-refractivity contribution < 1.29 is 27.2 Å². The number of amides is 1. The molecule has 2 aliphatic rings. The Balaban J connectivity index is 1.36. The van der Waals surface area contributed by atoms with Gasteiger partial charge in [-0.15, -0.1) is 0 Å². The number of unbranched alkanes of at least 4 members (excludes halogenated alkanes) is 2. The SMILES string of the molecule is CCCCCC(=O)N1CCN(c2ccc(CC(=O)c3oc(N4CCCCC4)nc3C(F)(F)F)cn2)CC1. The third kappa shape index (κ3) is 6.81. The second-order valence-electron chi connectivity index (χ2n) is 9.67. The van der Waals surface area contributed by atoms with Crippen LogP contribution in [0.1, 0.15) is 73.7 Å². The van der Waals surface area contributed by atoms with Crippen LogP contribution in [0.3, 0.4) is 0 Å². The normalized spacial score (nSPS) is 16.8. The van der Waals surface area contributed by atoms with Crippen molar-refractivity contribution in [2.24, 2.45) is 0 Å². The van der Waals surface area contributed by atoms with E-state index in [9.17, 15) is 22.8 Å². The molecule has 2 saturated heterocycles. The summed E-state index contributed by atoms with van der Waals surface area (Å²) >= 11 is 0. The van der Waals surface area contributed by atoms with Crippen molar-refractivity contribution in [1.29, 1.82) is 0 Å². The number of halogens is 3. The quantitative estimate of drug-likeness (QED) is 0.348. The Kier molecular flexibility index (Phi) is 8.71. The number of hydrogen-bond acceptors (Lipinski definition) is 7. The zero-order chi connectivity index (χ0) is 26.4. The number of Topliss-reactive ketones (excluding diaryl/α,β-unsaturated/α-hetero) is 1. The van der Waals surface area contributed by atoms with Gasteiger partial charge in [0.1, 0.15) is 5.82 Å². The number of aromatic nitrogens is 2. The van der Waals surface area contributed by atoms with Crippen molar-refractivity contribution in [2.45, 2.75) is 64.5 Å². The number of carbonyl (C=O) groups is 2. The first-order chi connectivity index (χ1) is 17.8. The van der Waals surface area contributed by atoms with Crippen LogP contribution in [0.15, 0.2) is 22.7 Å². The van der Waals surface area contributed by atoms with Crippen LogP contribution in [0.4, 0.5) is 25.0 Å². The molecule has 8 nitrogen and oxygen atoms in total. The van der Waals surface area contributed by atoms with Gasteiger partial charge in [-0.3, -0.25) is 9.59 Å². The molecular formula is C26H34F3N5O3. The molecule has 4 heterocycles. The van der Waals surface area contributed by atoms with E-state index < -0.39 is 23.4 Å². The molecule has 0 aromatic carbocycles. The number of pyridine rings is 1. The predicted octanol–water partition coefficient (Wildman–Crippen LogP) is 4.73. The Morgan fingerprint density at radius 2 is 1.70 bits per heavy atom. The molecule has 11 heteroatoms. The Morgan fingerprint density at radius 1 is 0.973 bits per heavy atom. The molecule has 2 aliphatic heterocycles. The number of rotatable bonds is 9. The van der Waals surface area contributed by atoms with Gasteiger partial charge >= 0.3 is 6.18 Å². The fourth-order valence-corrected chi connectivity index (χ4v) is 4.75. The van der Waals surface area contributed by atoms with Crippen molar-refractivity contribution >= 4 is 23.5 Å². The molecular weight excluding hydrogens is 487 g/mol. The van der Waals surface area contributed by atoms with Crippen LogP contribution in [-0.4, -0.2) is 65.8 Å². The minimum absolute atomic E-state index is 0.146. The van der Waals surface area contributed by atoms with Gasteiger partial charge in [-0.2, -0.15) is 18.2 Å². The number of piperazine rings is 1. The summed E-state index contributed by atoms with van der Waals surface area (Å²) in [6.45, 7) is 5.76. The van der Waals surface area contributed by atoms with E-state index in [4.69, 9.17) is 4.42 Å². The van der Waals surface area contributed by atoms with Crippen LogP contribution < -0.4 is 9.80 Å². The zero-order valence-corrected chi connectivity index (χ0v) is 21.2. The number of oxazole rings is 1. The van der Waals surface area contributed by atoms with E-state index in [1.165, 1.54) is 6.20 Å². The van der Waals surface area contributed by atoms with Crippen LogP contribution in [0, 0.1) is 0 Å². The van der Waals surface area contributed by atoms with Crippen molar-refractivity contribution in [2.75, 3.05) is 49.1 Å². The molecule has 37 heavy (non-hydrogen) atoms. The van der Waals surface area contributed by atoms with Gasteiger partial charge in [-0.05, 0) is 37.3 Å². The molecule has 2 fully saturated rings. The summed E-state index contributed by atoms with van der Waals surface area (Å²) in [5, 5.41) is 0. The average molecular weight is 522 g/mol. The molecule has 0 spiro atoms. The number of anilines is 2. The van der Waals surface area contributed by atoms with Crippen LogP contribution in [0.5, 0.6) is 0 Å². The third-order valence-corrected chi connectivity index (χ3v) is 6.89. The number of nitrogens with zero attached hydrogens (tertiary/aromatic N) is 5. The molecule has 0 saturated carbocycles. The first kappa shape index (κ1) is 26.9. The smallest absolute Gasteiger partial charge is 0.420 e. The molecule has 0 aliphatic carbocycles. The third-order valence-electron chi connectivity index (χ3n) is 6.89. The number of piperidine rings is 1. The van der Waals surface area contributed by atoms with E-state index in [1.807, 2.05) is 4.90 Å². The molecule has 0 atom stereocenters. The monoisotopic (exact) mass is 521 g/mol. The molecule has 0 radical (unpaired) electrons. The fraction of sp³-hybridized carbons (Fsp3) is 0.615. The van der Waals surface area contributed by atoms with Gasteiger partial charge in [0.2, 0.25) is 17.5 Å². The van der Waals surface area contributed by atoms with Crippen LogP contribution in [0.2, 0.25) is 0 Å². The minimum atomic E-state index is -4.79. The van der Waals surface area contributed by atoms with E-state index in [2.05, 4.69) is 21.8 Å². The van der Waals surface area contributed by atoms with Gasteiger partial charge < -0.3 is 19.1 Å². The first-order valence-electron chi connectivity index (χ1n) is 13.1. The highest BCUT2D eigenvalue weighted by Crippen LogP contribution is 2.35. The Labute approximate surface area is 214 Å². The van der Waals surface area contributed by atoms with E-state index in [-0.39, 0.29) is 18.3 Å². The largest absolute Gasteiger partial charge is 0.437 e. The molecule has 1 amide bonds. The molecule has 0 bridgehead atoms. The highest BCUT2D eigenvalue weighted by atomic mass is 19.4. The van der Waals surface area contributed by atoms with E-state index in [0.717, 1.165) is 38.5 Å². The summed E-state index contributed by atoms with van der Waals surface area (Å²) in [5.41, 5.74) is -0.785. The summed E-state index contributed by atoms with van der Waals surface area (Å²) in [4.78, 5) is 38.8. The second kappa shape index (κ2) is 12.0. The molecule has 4 rings (SSSR count). The van der Waals surface area contributed by atoms with Gasteiger partial charge in [0.05, 0.1) is 0 Å². The van der Waals surface area contributed by atoms with Crippen LogP contribution in [0.25, 0.3) is 0 Å². The van der Waals surface area contributed by atoms with Gasteiger partial charge in [0, 0.05) is 58.3 Å². The maximum Gasteiger partial charge on any atom is 0.437 e. The highest BCUT2D eigenvalue weighted by molar-refractivity contribution is 5.96. The first-order valence-corrected chi connectivity index (χ1v) is 13.1. The van der Waals surface area contributed by atoms with E-state index >= 15 is 0 Å². The van der Waals surface area contributed by atoms with Crippen molar-refractivity contribution in [3.05, 3.63) is 35.3 Å². The Bertz CT molecular complexity index is 1060. The number of hydrogen-bond donors (Lipinski definition) is 0. The van der Waals surface area contributed by atoms with Crippen molar-refractivity contribution in [1.82, 2.24) is 14.9 Å². The standard InChI is InChI=1S/C26H34F3N5O3/c1-2-3-5-8-22(36)33-15-13-32(14-16-33)21-10-9-19(18-30-21)17-20(35)23-24(26(27,28)29)31-25(37-23)34-11-6-4-7-12-34/h9-10,18H,2-8,11-17H2,1H3. The van der Waals surface area contributed by atoms with Gasteiger partial charge in [-0.1, -0.05) is 25.8 Å². The maximum absolute atomic E-state index is 13.6. The van der Waals surface area contributed by atoms with Gasteiger partial charge in [-0.25, -0.2) is 4.98 Å². The molecule has 0 N–H and O–H groups in total. The molecule has 202 valence electrons. The maximum atomic E-state index is 13.6. The average Bonchev–Trinajstić information content (AvgIpc) is 3.37. The summed E-state index contributed by atoms with van der Waals surface area (Å²) in [7, 11) is 0. The predicted molar refractivity (Wildman–Crippen MR) is 133 cm³/mol. The topological polar surface area (TPSA) is 82.8 Å². The van der Waals surface area contributed by atoms with Crippen molar-refractivity contribution in [3.8, 4) is 0 Å². The number of carbonyl (C=O) groups excluding carboxylic acids is 2. The fourth-order valence-electron chi connectivity index (χ4n) is 4.75. The van der Waals surface area contributed by atoms with E-state index in [0.29, 0.717) is 57.1 Å².